The molecule has 3 aromatic rings. The number of nitrogens with one attached hydrogen (secondary N) is 2. The normalized spacial score (nSPS) is 18.7. The van der Waals surface area contributed by atoms with Crippen LogP contribution in [0.5, 0.6) is 0 Å². The molecule has 8 heteroatoms. The number of carbonyl (C=O) groups excluding carboxylic acids is 1. The zero-order chi connectivity index (χ0) is 22.7. The summed E-state index contributed by atoms with van der Waals surface area (Å²) in [7, 11) is 0. The first kappa shape index (κ1) is 21.6. The topological polar surface area (TPSA) is 77.8 Å². The molecular formula is C24H21F3N4O. The van der Waals surface area contributed by atoms with E-state index in [0.717, 1.165) is 6.07 Å². The van der Waals surface area contributed by atoms with Crippen molar-refractivity contribution in [1.29, 1.82) is 5.26 Å². The summed E-state index contributed by atoms with van der Waals surface area (Å²) in [6.07, 6.45) is -1.76. The van der Waals surface area contributed by atoms with Crippen molar-refractivity contribution in [3.63, 3.8) is 0 Å². The van der Waals surface area contributed by atoms with Crippen LogP contribution in [0.15, 0.2) is 54.6 Å². The summed E-state index contributed by atoms with van der Waals surface area (Å²) in [6.45, 7) is 0. The number of hydrogen-bond donors (Lipinski definition) is 2. The maximum atomic E-state index is 13.3. The number of para-hydroxylation sites is 1. The number of anilines is 1. The average molecular weight is 438 g/mol. The Hall–Kier alpha value is -3.60. The summed E-state index contributed by atoms with van der Waals surface area (Å²) in [5.41, 5.74) is 0.458. The second-order valence-electron chi connectivity index (χ2n) is 7.89. The second kappa shape index (κ2) is 8.87. The predicted molar refractivity (Wildman–Crippen MR) is 115 cm³/mol. The SMILES string of the molecule is N#Cc1ccccc1C(=O)N[C@H]1CC[C@@H](Nc2cc(C(F)(F)F)nc3ccccc23)CC1. The number of rotatable bonds is 4. The van der Waals surface area contributed by atoms with Crippen LogP contribution in [0, 0.1) is 11.3 Å². The maximum absolute atomic E-state index is 13.3. The van der Waals surface area contributed by atoms with Gasteiger partial charge in [-0.2, -0.15) is 18.4 Å². The zero-order valence-electron chi connectivity index (χ0n) is 17.1. The minimum Gasteiger partial charge on any atom is -0.382 e. The summed E-state index contributed by atoms with van der Waals surface area (Å²) in [4.78, 5) is 16.3. The molecule has 2 aromatic carbocycles. The number of fused-ring (bicyclic) bond motifs is 1. The molecule has 0 unspecified atom stereocenters. The van der Waals surface area contributed by atoms with Crippen LogP contribution in [0.2, 0.25) is 0 Å². The van der Waals surface area contributed by atoms with E-state index in [1.807, 2.05) is 6.07 Å². The Bertz CT molecular complexity index is 1180. The third kappa shape index (κ3) is 4.67. The van der Waals surface area contributed by atoms with Gasteiger partial charge in [0.15, 0.2) is 0 Å². The molecule has 0 spiro atoms. The first-order valence-corrected chi connectivity index (χ1v) is 10.4. The third-order valence-electron chi connectivity index (χ3n) is 5.72. The van der Waals surface area contributed by atoms with E-state index in [2.05, 4.69) is 15.6 Å². The minimum atomic E-state index is -4.53. The van der Waals surface area contributed by atoms with Gasteiger partial charge < -0.3 is 10.6 Å². The van der Waals surface area contributed by atoms with Crippen LogP contribution >= 0.6 is 0 Å². The number of amides is 1. The van der Waals surface area contributed by atoms with Crippen molar-refractivity contribution in [1.82, 2.24) is 10.3 Å². The molecule has 1 fully saturated rings. The number of hydrogen-bond acceptors (Lipinski definition) is 4. The summed E-state index contributed by atoms with van der Waals surface area (Å²) >= 11 is 0. The highest BCUT2D eigenvalue weighted by molar-refractivity contribution is 5.96. The molecule has 0 atom stereocenters. The lowest BCUT2D eigenvalue weighted by Crippen LogP contribution is -2.40. The smallest absolute Gasteiger partial charge is 0.382 e. The molecule has 1 aliphatic carbocycles. The van der Waals surface area contributed by atoms with E-state index < -0.39 is 11.9 Å². The van der Waals surface area contributed by atoms with Gasteiger partial charge in [0.05, 0.1) is 22.7 Å². The van der Waals surface area contributed by atoms with Gasteiger partial charge in [-0.05, 0) is 49.9 Å². The van der Waals surface area contributed by atoms with Crippen molar-refractivity contribution < 1.29 is 18.0 Å². The lowest BCUT2D eigenvalue weighted by molar-refractivity contribution is -0.140. The van der Waals surface area contributed by atoms with Crippen LogP contribution in [-0.4, -0.2) is 23.0 Å². The Kier molecular flexibility index (Phi) is 5.99. The molecule has 0 aliphatic heterocycles. The van der Waals surface area contributed by atoms with Gasteiger partial charge in [0.1, 0.15) is 5.69 Å². The number of carbonyl (C=O) groups is 1. The Morgan fingerprint density at radius 3 is 2.38 bits per heavy atom. The van der Waals surface area contributed by atoms with Crippen LogP contribution in [-0.2, 0) is 6.18 Å². The van der Waals surface area contributed by atoms with E-state index in [1.54, 1.807) is 48.5 Å². The summed E-state index contributed by atoms with van der Waals surface area (Å²) < 4.78 is 39.9. The Morgan fingerprint density at radius 1 is 1.00 bits per heavy atom. The fourth-order valence-electron chi connectivity index (χ4n) is 4.08. The van der Waals surface area contributed by atoms with Crippen molar-refractivity contribution in [3.8, 4) is 6.07 Å². The fourth-order valence-corrected chi connectivity index (χ4v) is 4.08. The highest BCUT2D eigenvalue weighted by atomic mass is 19.4. The molecule has 1 aliphatic rings. The number of pyridine rings is 1. The molecule has 1 heterocycles. The Labute approximate surface area is 183 Å². The first-order valence-electron chi connectivity index (χ1n) is 10.4. The van der Waals surface area contributed by atoms with Gasteiger partial charge in [-0.3, -0.25) is 4.79 Å². The lowest BCUT2D eigenvalue weighted by atomic mass is 9.90. The van der Waals surface area contributed by atoms with E-state index in [-0.39, 0.29) is 18.0 Å². The van der Waals surface area contributed by atoms with Crippen molar-refractivity contribution in [2.75, 3.05) is 5.32 Å². The van der Waals surface area contributed by atoms with E-state index in [0.29, 0.717) is 53.4 Å². The van der Waals surface area contributed by atoms with Gasteiger partial charge in [-0.1, -0.05) is 30.3 Å². The average Bonchev–Trinajstić information content (AvgIpc) is 2.79. The molecule has 0 radical (unpaired) electrons. The molecule has 0 bridgehead atoms. The van der Waals surface area contributed by atoms with Gasteiger partial charge in [-0.15, -0.1) is 0 Å². The van der Waals surface area contributed by atoms with Gasteiger partial charge in [0.25, 0.3) is 5.91 Å². The summed E-state index contributed by atoms with van der Waals surface area (Å²) in [5, 5.41) is 16.1. The molecule has 4 rings (SSSR count). The maximum Gasteiger partial charge on any atom is 0.433 e. The monoisotopic (exact) mass is 438 g/mol. The van der Waals surface area contributed by atoms with E-state index in [9.17, 15) is 23.2 Å². The predicted octanol–water partition coefficient (Wildman–Crippen LogP) is 5.28. The van der Waals surface area contributed by atoms with Crippen LogP contribution in [0.3, 0.4) is 0 Å². The first-order chi connectivity index (χ1) is 15.3. The summed E-state index contributed by atoms with van der Waals surface area (Å²) in [6, 6.07) is 16.4. The molecule has 1 aromatic heterocycles. The zero-order valence-corrected chi connectivity index (χ0v) is 17.1. The molecule has 32 heavy (non-hydrogen) atoms. The van der Waals surface area contributed by atoms with E-state index >= 15 is 0 Å². The number of benzene rings is 2. The lowest BCUT2D eigenvalue weighted by Gasteiger charge is -2.31. The van der Waals surface area contributed by atoms with Gasteiger partial charge in [-0.25, -0.2) is 4.98 Å². The number of nitriles is 1. The molecular weight excluding hydrogens is 417 g/mol. The van der Waals surface area contributed by atoms with Crippen LogP contribution in [0.4, 0.5) is 18.9 Å². The Morgan fingerprint density at radius 2 is 1.66 bits per heavy atom. The van der Waals surface area contributed by atoms with Gasteiger partial charge in [0, 0.05) is 23.2 Å². The molecule has 1 saturated carbocycles. The van der Waals surface area contributed by atoms with Crippen LogP contribution in [0.25, 0.3) is 10.9 Å². The van der Waals surface area contributed by atoms with Crippen molar-refractivity contribution >= 4 is 22.5 Å². The number of nitrogens with zero attached hydrogens (tertiary/aromatic N) is 2. The van der Waals surface area contributed by atoms with Crippen LogP contribution < -0.4 is 10.6 Å². The second-order valence-corrected chi connectivity index (χ2v) is 7.89. The van der Waals surface area contributed by atoms with Crippen molar-refractivity contribution in [2.24, 2.45) is 0 Å². The van der Waals surface area contributed by atoms with Gasteiger partial charge in [0.2, 0.25) is 0 Å². The summed E-state index contributed by atoms with van der Waals surface area (Å²) in [5.74, 6) is -0.284. The van der Waals surface area contributed by atoms with Crippen molar-refractivity contribution in [2.45, 2.75) is 43.9 Å². The fraction of sp³-hybridized carbons (Fsp3) is 0.292. The van der Waals surface area contributed by atoms with Crippen LogP contribution in [0.1, 0.15) is 47.3 Å². The molecule has 5 nitrogen and oxygen atoms in total. The van der Waals surface area contributed by atoms with Crippen molar-refractivity contribution in [3.05, 3.63) is 71.4 Å². The van der Waals surface area contributed by atoms with E-state index in [4.69, 9.17) is 0 Å². The quantitative estimate of drug-likeness (QED) is 0.581. The number of aromatic nitrogens is 1. The highest BCUT2D eigenvalue weighted by Gasteiger charge is 2.34. The standard InChI is InChI=1S/C24H21F3N4O/c25-24(26,27)22-13-21(19-7-3-4-8-20(19)31-22)29-16-9-11-17(12-10-16)30-23(32)18-6-2-1-5-15(18)14-28/h1-8,13,16-17H,9-12H2,(H,29,31)(H,30,32)/t16-,17+. The third-order valence-corrected chi connectivity index (χ3v) is 5.72. The molecule has 1 amide bonds. The molecule has 164 valence electrons. The van der Waals surface area contributed by atoms with E-state index in [1.165, 1.54) is 0 Å². The van der Waals surface area contributed by atoms with Gasteiger partial charge >= 0.3 is 6.18 Å². The number of alkyl halides is 3. The number of halogens is 3. The molecule has 2 N–H and O–H groups in total. The minimum absolute atomic E-state index is 0.0126. The Balaban J connectivity index is 1.43. The largest absolute Gasteiger partial charge is 0.433 e. The molecule has 0 saturated heterocycles. The highest BCUT2D eigenvalue weighted by Crippen LogP contribution is 2.34.